The first-order chi connectivity index (χ1) is 17.8. The fourth-order valence-electron chi connectivity index (χ4n) is 4.26. The van der Waals surface area contributed by atoms with Crippen molar-refractivity contribution in [2.45, 2.75) is 45.6 Å². The maximum atomic E-state index is 12.7. The van der Waals surface area contributed by atoms with Crippen LogP contribution < -0.4 is 4.74 Å². The van der Waals surface area contributed by atoms with Gasteiger partial charge in [-0.3, -0.25) is 4.79 Å². The number of benzene rings is 1. The molecule has 0 spiro atoms. The van der Waals surface area contributed by atoms with Crippen molar-refractivity contribution < 1.29 is 23.8 Å². The topological polar surface area (TPSA) is 96.1 Å². The predicted octanol–water partition coefficient (Wildman–Crippen LogP) is 4.60. The fourth-order valence-corrected chi connectivity index (χ4v) is 4.26. The zero-order valence-electron chi connectivity index (χ0n) is 22.1. The summed E-state index contributed by atoms with van der Waals surface area (Å²) in [4.78, 5) is 32.9. The molecule has 0 saturated carbocycles. The molecule has 1 aliphatic rings. The number of carbonyl (C=O) groups excluding carboxylic acids is 1. The molecule has 1 aromatic heterocycles. The van der Waals surface area contributed by atoms with Gasteiger partial charge in [0.1, 0.15) is 11.5 Å². The second-order valence-corrected chi connectivity index (χ2v) is 9.27. The van der Waals surface area contributed by atoms with Gasteiger partial charge in [0.05, 0.1) is 12.3 Å². The minimum absolute atomic E-state index is 0.327. The van der Waals surface area contributed by atoms with Crippen LogP contribution in [0.4, 0.5) is 0 Å². The van der Waals surface area contributed by atoms with E-state index in [1.54, 1.807) is 24.3 Å². The van der Waals surface area contributed by atoms with Crippen LogP contribution in [0.15, 0.2) is 53.0 Å². The van der Waals surface area contributed by atoms with Gasteiger partial charge in [0, 0.05) is 19.0 Å². The zero-order valence-corrected chi connectivity index (χ0v) is 22.1. The highest BCUT2D eigenvalue weighted by Gasteiger charge is 2.35. The Morgan fingerprint density at radius 2 is 2.11 bits per heavy atom. The molecular weight excluding hydrogens is 470 g/mol. The highest BCUT2D eigenvalue weighted by Crippen LogP contribution is 2.33. The van der Waals surface area contributed by atoms with Gasteiger partial charge in [-0.05, 0) is 83.1 Å². The summed E-state index contributed by atoms with van der Waals surface area (Å²) in [7, 11) is 4.12. The number of fused-ring (bicyclic) bond motifs is 1. The second-order valence-electron chi connectivity index (χ2n) is 9.27. The lowest BCUT2D eigenvalue weighted by Crippen LogP contribution is -2.42. The van der Waals surface area contributed by atoms with E-state index < -0.39 is 12.0 Å². The Bertz CT molecular complexity index is 1160. The van der Waals surface area contributed by atoms with Crippen molar-refractivity contribution in [1.29, 1.82) is 0 Å². The van der Waals surface area contributed by atoms with E-state index in [9.17, 15) is 14.7 Å². The van der Waals surface area contributed by atoms with E-state index in [1.807, 2.05) is 32.1 Å². The Morgan fingerprint density at radius 3 is 2.84 bits per heavy atom. The molecule has 198 valence electrons. The van der Waals surface area contributed by atoms with Crippen LogP contribution in [0.25, 0.3) is 6.08 Å². The lowest BCUT2D eigenvalue weighted by Gasteiger charge is -2.34. The van der Waals surface area contributed by atoms with Crippen molar-refractivity contribution in [3.63, 3.8) is 0 Å². The largest absolute Gasteiger partial charge is 0.493 e. The number of carboxylic acids is 1. The van der Waals surface area contributed by atoms with E-state index in [2.05, 4.69) is 30.1 Å². The molecule has 0 fully saturated rings. The van der Waals surface area contributed by atoms with Crippen molar-refractivity contribution in [2.75, 3.05) is 33.8 Å². The third-order valence-corrected chi connectivity index (χ3v) is 6.16. The molecular formula is C29H37N3O5. The number of nitrogens with zero attached hydrogens (tertiary/aromatic N) is 3. The average molecular weight is 508 g/mol. The first-order valence-electron chi connectivity index (χ1n) is 12.7. The molecule has 1 N–H and O–H groups in total. The average Bonchev–Trinajstić information content (AvgIpc) is 3.21. The molecule has 0 aliphatic carbocycles. The van der Waals surface area contributed by atoms with Crippen molar-refractivity contribution >= 4 is 18.0 Å². The van der Waals surface area contributed by atoms with Gasteiger partial charge in [0.15, 0.2) is 6.04 Å². The number of aromatic nitrogens is 1. The first kappa shape index (κ1) is 27.9. The minimum Gasteiger partial charge on any atom is -0.493 e. The van der Waals surface area contributed by atoms with Gasteiger partial charge in [-0.1, -0.05) is 30.4 Å². The Morgan fingerprint density at radius 1 is 1.30 bits per heavy atom. The summed E-state index contributed by atoms with van der Waals surface area (Å²) in [6, 6.07) is 4.41. The summed E-state index contributed by atoms with van der Waals surface area (Å²) in [5.41, 5.74) is 2.33. The minimum atomic E-state index is -1.06. The number of unbranched alkanes of at least 4 members (excludes halogenated alkanes) is 1. The Kier molecular flexibility index (Phi) is 10.3. The van der Waals surface area contributed by atoms with Crippen molar-refractivity contribution in [3.8, 4) is 5.75 Å². The van der Waals surface area contributed by atoms with E-state index in [-0.39, 0.29) is 5.91 Å². The van der Waals surface area contributed by atoms with E-state index in [0.717, 1.165) is 36.4 Å². The number of rotatable bonds is 12. The van der Waals surface area contributed by atoms with Gasteiger partial charge in [-0.15, -0.1) is 0 Å². The molecule has 0 bridgehead atoms. The van der Waals surface area contributed by atoms with Gasteiger partial charge < -0.3 is 24.1 Å². The summed E-state index contributed by atoms with van der Waals surface area (Å²) in [6.07, 6.45) is 13.7. The summed E-state index contributed by atoms with van der Waals surface area (Å²) >= 11 is 0. The van der Waals surface area contributed by atoms with Crippen LogP contribution >= 0.6 is 0 Å². The molecule has 2 aromatic rings. The normalized spacial score (nSPS) is 15.8. The lowest BCUT2D eigenvalue weighted by atomic mass is 9.92. The summed E-state index contributed by atoms with van der Waals surface area (Å²) < 4.78 is 11.7. The molecule has 37 heavy (non-hydrogen) atoms. The Labute approximate surface area is 218 Å². The summed E-state index contributed by atoms with van der Waals surface area (Å²) in [5, 5.41) is 9.94. The monoisotopic (exact) mass is 507 g/mol. The number of ether oxygens (including phenoxy) is 1. The molecule has 1 aromatic carbocycles. The number of carboxylic acid groups (broad SMARTS) is 1. The SMILES string of the molecule is CC=CC=CC(=O)N1CCc2ccc(OCCc3nc(C=CCCCN(C)C)oc3C)cc2C1C(=O)O. The quantitative estimate of drug-likeness (QED) is 0.255. The predicted molar refractivity (Wildman–Crippen MR) is 143 cm³/mol. The lowest BCUT2D eigenvalue weighted by molar-refractivity contribution is -0.149. The third-order valence-electron chi connectivity index (χ3n) is 6.16. The maximum Gasteiger partial charge on any atom is 0.331 e. The number of oxazole rings is 1. The van der Waals surface area contributed by atoms with Gasteiger partial charge in [0.2, 0.25) is 11.8 Å². The van der Waals surface area contributed by atoms with Crippen molar-refractivity contribution in [3.05, 3.63) is 77.1 Å². The van der Waals surface area contributed by atoms with E-state index >= 15 is 0 Å². The van der Waals surface area contributed by atoms with Gasteiger partial charge in [-0.25, -0.2) is 9.78 Å². The van der Waals surface area contributed by atoms with E-state index in [0.29, 0.717) is 43.2 Å². The van der Waals surface area contributed by atoms with Gasteiger partial charge in [0.25, 0.3) is 0 Å². The summed E-state index contributed by atoms with van der Waals surface area (Å²) in [5.74, 6) is 0.514. The molecule has 8 nitrogen and oxygen atoms in total. The molecule has 1 amide bonds. The molecule has 1 atom stereocenters. The van der Waals surface area contributed by atoms with Gasteiger partial charge >= 0.3 is 5.97 Å². The molecule has 3 rings (SSSR count). The summed E-state index contributed by atoms with van der Waals surface area (Å²) in [6.45, 7) is 5.49. The zero-order chi connectivity index (χ0) is 26.8. The standard InChI is InChI=1S/C29H37N3O5/c1-5-6-8-12-27(33)32-18-15-22-13-14-23(20-24(22)28(32)29(34)35)36-19-16-25-21(2)37-26(30-25)11-9-7-10-17-31(3)4/h5-6,8-9,11-14,20,28H,7,10,15-19H2,1-4H3,(H,34,35). The molecule has 0 radical (unpaired) electrons. The first-order valence-corrected chi connectivity index (χ1v) is 12.7. The number of aliphatic carboxylic acids is 1. The van der Waals surface area contributed by atoms with E-state index in [4.69, 9.17) is 9.15 Å². The molecule has 2 heterocycles. The highest BCUT2D eigenvalue weighted by atomic mass is 16.5. The van der Waals surface area contributed by atoms with Crippen molar-refractivity contribution in [2.24, 2.45) is 0 Å². The van der Waals surface area contributed by atoms with Crippen LogP contribution in [0.5, 0.6) is 5.75 Å². The van der Waals surface area contributed by atoms with Crippen LogP contribution in [0.2, 0.25) is 0 Å². The second kappa shape index (κ2) is 13.6. The molecule has 1 aliphatic heterocycles. The smallest absolute Gasteiger partial charge is 0.331 e. The van der Waals surface area contributed by atoms with Crippen LogP contribution in [0, 0.1) is 6.92 Å². The van der Waals surface area contributed by atoms with Crippen LogP contribution in [0.3, 0.4) is 0 Å². The fraction of sp³-hybridized carbons (Fsp3) is 0.414. The van der Waals surface area contributed by atoms with Crippen LogP contribution in [-0.2, 0) is 22.4 Å². The van der Waals surface area contributed by atoms with E-state index in [1.165, 1.54) is 11.0 Å². The number of hydrogen-bond acceptors (Lipinski definition) is 6. The molecule has 8 heteroatoms. The number of carbonyl (C=O) groups is 2. The van der Waals surface area contributed by atoms with Crippen LogP contribution in [-0.4, -0.2) is 65.6 Å². The number of aryl methyl sites for hydroxylation is 1. The number of allylic oxidation sites excluding steroid dienone is 4. The van der Waals surface area contributed by atoms with Crippen molar-refractivity contribution in [1.82, 2.24) is 14.8 Å². The van der Waals surface area contributed by atoms with Gasteiger partial charge in [-0.2, -0.15) is 0 Å². The molecule has 1 unspecified atom stereocenters. The van der Waals surface area contributed by atoms with Crippen LogP contribution in [0.1, 0.15) is 54.3 Å². The Balaban J connectivity index is 1.63. The third kappa shape index (κ3) is 7.92. The number of amides is 1. The maximum absolute atomic E-state index is 12.7. The molecule has 0 saturated heterocycles. The number of hydrogen-bond donors (Lipinski definition) is 1. The Hall–Kier alpha value is -3.65. The highest BCUT2D eigenvalue weighted by molar-refractivity contribution is 5.92.